The molecule has 0 spiro atoms. The second-order valence-electron chi connectivity index (χ2n) is 9.08. The van der Waals surface area contributed by atoms with Gasteiger partial charge in [-0.2, -0.15) is 0 Å². The molecule has 6 atom stereocenters. The molecule has 6 unspecified atom stereocenters. The predicted molar refractivity (Wildman–Crippen MR) is 126 cm³/mol. The minimum Gasteiger partial charge on any atom is -0.480 e. The van der Waals surface area contributed by atoms with Gasteiger partial charge in [0, 0.05) is 0 Å². The average Bonchev–Trinajstić information content (AvgIpc) is 3.34. The van der Waals surface area contributed by atoms with E-state index in [1.54, 1.807) is 6.92 Å². The molecule has 7 N–H and O–H groups in total. The topological polar surface area (TPSA) is 163 Å². The Balaban J connectivity index is 2.95. The Morgan fingerprint density at radius 2 is 1.58 bits per heavy atom. The second kappa shape index (κ2) is 14.8. The number of hydrogen-bond acceptors (Lipinski definition) is 6. The highest BCUT2D eigenvalue weighted by Crippen LogP contribution is 2.13. The van der Waals surface area contributed by atoms with Crippen LogP contribution in [0, 0.1) is 11.8 Å². The fourth-order valence-corrected chi connectivity index (χ4v) is 3.82. The number of nitrogens with one attached hydrogen (secondary N) is 4. The fourth-order valence-electron chi connectivity index (χ4n) is 3.82. The lowest BCUT2D eigenvalue weighted by molar-refractivity contribution is -0.144. The van der Waals surface area contributed by atoms with Gasteiger partial charge in [-0.1, -0.05) is 40.5 Å². The molecule has 190 valence electrons. The highest BCUT2D eigenvalue weighted by Gasteiger charge is 2.34. The Bertz CT molecular complexity index is 653. The Hall–Kier alpha value is -2.20. The molecule has 0 radical (unpaired) electrons. The molecule has 10 nitrogen and oxygen atoms in total. The standard InChI is InChI=1S/C23H43N5O5/c1-5-14(3)18(22(31)28-19(23(32)33)15(4)6-2)27-21(30)17(10-7-8-12-24)26-20(29)16-11-9-13-25-16/h14-19,25H,5-13,24H2,1-4H3,(H,26,29)(H,27,30)(H,28,31)(H,32,33). The largest absolute Gasteiger partial charge is 0.480 e. The van der Waals surface area contributed by atoms with Crippen molar-refractivity contribution >= 4 is 23.7 Å². The zero-order chi connectivity index (χ0) is 25.0. The van der Waals surface area contributed by atoms with E-state index in [1.165, 1.54) is 0 Å². The molecule has 10 heteroatoms. The number of aliphatic carboxylic acids is 1. The second-order valence-corrected chi connectivity index (χ2v) is 9.08. The summed E-state index contributed by atoms with van der Waals surface area (Å²) in [6.07, 6.45) is 4.58. The van der Waals surface area contributed by atoms with Crippen LogP contribution in [0.5, 0.6) is 0 Å². The first-order valence-corrected chi connectivity index (χ1v) is 12.2. The third-order valence-corrected chi connectivity index (χ3v) is 6.53. The van der Waals surface area contributed by atoms with Gasteiger partial charge in [-0.3, -0.25) is 14.4 Å². The van der Waals surface area contributed by atoms with Crippen LogP contribution in [0.4, 0.5) is 0 Å². The summed E-state index contributed by atoms with van der Waals surface area (Å²) < 4.78 is 0. The lowest BCUT2D eigenvalue weighted by atomic mass is 9.95. The van der Waals surface area contributed by atoms with Gasteiger partial charge in [0.1, 0.15) is 18.1 Å². The van der Waals surface area contributed by atoms with Gasteiger partial charge in [-0.05, 0) is 57.0 Å². The first-order chi connectivity index (χ1) is 15.7. The van der Waals surface area contributed by atoms with Crippen LogP contribution in [0.3, 0.4) is 0 Å². The molecule has 3 amide bonds. The van der Waals surface area contributed by atoms with E-state index in [2.05, 4.69) is 21.3 Å². The zero-order valence-corrected chi connectivity index (χ0v) is 20.5. The Morgan fingerprint density at radius 1 is 0.970 bits per heavy atom. The van der Waals surface area contributed by atoms with E-state index in [1.807, 2.05) is 20.8 Å². The monoisotopic (exact) mass is 469 g/mol. The molecule has 33 heavy (non-hydrogen) atoms. The Kier molecular flexibility index (Phi) is 13.0. The summed E-state index contributed by atoms with van der Waals surface area (Å²) in [5, 5.41) is 20.9. The van der Waals surface area contributed by atoms with Crippen molar-refractivity contribution in [2.75, 3.05) is 13.1 Å². The van der Waals surface area contributed by atoms with E-state index < -0.39 is 35.9 Å². The molecule has 1 fully saturated rings. The summed E-state index contributed by atoms with van der Waals surface area (Å²) in [6, 6.07) is -3.07. The van der Waals surface area contributed by atoms with Crippen molar-refractivity contribution in [2.45, 2.75) is 96.8 Å². The lowest BCUT2D eigenvalue weighted by Crippen LogP contribution is -2.59. The number of carboxylic acids is 1. The molecular formula is C23H43N5O5. The minimum absolute atomic E-state index is 0.225. The maximum atomic E-state index is 13.2. The van der Waals surface area contributed by atoms with Crippen molar-refractivity contribution in [3.63, 3.8) is 0 Å². The van der Waals surface area contributed by atoms with E-state index in [-0.39, 0.29) is 23.8 Å². The molecule has 1 rings (SSSR count). The van der Waals surface area contributed by atoms with Crippen LogP contribution >= 0.6 is 0 Å². The van der Waals surface area contributed by atoms with Gasteiger partial charge >= 0.3 is 5.97 Å². The van der Waals surface area contributed by atoms with Crippen LogP contribution in [-0.2, 0) is 19.2 Å². The van der Waals surface area contributed by atoms with Crippen LogP contribution in [0.1, 0.15) is 72.6 Å². The van der Waals surface area contributed by atoms with Gasteiger partial charge in [0.25, 0.3) is 0 Å². The molecule has 1 aliphatic rings. The van der Waals surface area contributed by atoms with Crippen LogP contribution in [-0.4, -0.2) is 66.1 Å². The maximum Gasteiger partial charge on any atom is 0.326 e. The minimum atomic E-state index is -1.11. The zero-order valence-electron chi connectivity index (χ0n) is 20.5. The van der Waals surface area contributed by atoms with Crippen molar-refractivity contribution in [3.8, 4) is 0 Å². The van der Waals surface area contributed by atoms with Crippen LogP contribution < -0.4 is 27.0 Å². The quantitative estimate of drug-likeness (QED) is 0.190. The summed E-state index contributed by atoms with van der Waals surface area (Å²) in [5.41, 5.74) is 5.58. The number of carboxylic acid groups (broad SMARTS) is 1. The van der Waals surface area contributed by atoms with Gasteiger partial charge in [0.05, 0.1) is 6.04 Å². The van der Waals surface area contributed by atoms with Crippen molar-refractivity contribution < 1.29 is 24.3 Å². The normalized spacial score (nSPS) is 20.2. The molecule has 0 aromatic rings. The van der Waals surface area contributed by atoms with Gasteiger partial charge < -0.3 is 32.1 Å². The van der Waals surface area contributed by atoms with E-state index >= 15 is 0 Å². The van der Waals surface area contributed by atoms with E-state index in [9.17, 15) is 24.3 Å². The Morgan fingerprint density at radius 3 is 2.09 bits per heavy atom. The third-order valence-electron chi connectivity index (χ3n) is 6.53. The van der Waals surface area contributed by atoms with Crippen molar-refractivity contribution in [2.24, 2.45) is 17.6 Å². The van der Waals surface area contributed by atoms with E-state index in [0.29, 0.717) is 45.1 Å². The maximum absolute atomic E-state index is 13.2. The summed E-state index contributed by atoms with van der Waals surface area (Å²) in [5.74, 6) is -2.81. The van der Waals surface area contributed by atoms with Crippen molar-refractivity contribution in [3.05, 3.63) is 0 Å². The van der Waals surface area contributed by atoms with Gasteiger partial charge in [0.2, 0.25) is 17.7 Å². The van der Waals surface area contributed by atoms with Crippen LogP contribution in [0.25, 0.3) is 0 Å². The molecule has 0 bridgehead atoms. The number of nitrogens with two attached hydrogens (primary N) is 1. The van der Waals surface area contributed by atoms with Crippen LogP contribution in [0.2, 0.25) is 0 Å². The highest BCUT2D eigenvalue weighted by molar-refractivity contribution is 5.94. The number of unbranched alkanes of at least 4 members (excludes halogenated alkanes) is 1. The summed E-state index contributed by atoms with van der Waals surface area (Å²) in [6.45, 7) is 8.58. The summed E-state index contributed by atoms with van der Waals surface area (Å²) >= 11 is 0. The average molecular weight is 470 g/mol. The number of rotatable bonds is 15. The predicted octanol–water partition coefficient (Wildman–Crippen LogP) is 0.499. The molecule has 1 saturated heterocycles. The molecule has 0 aliphatic carbocycles. The first-order valence-electron chi connectivity index (χ1n) is 12.2. The van der Waals surface area contributed by atoms with Crippen molar-refractivity contribution in [1.29, 1.82) is 0 Å². The Labute approximate surface area is 197 Å². The number of hydrogen-bond donors (Lipinski definition) is 6. The molecular weight excluding hydrogens is 426 g/mol. The molecule has 0 saturated carbocycles. The SMILES string of the molecule is CCC(C)C(NC(=O)C(NC(=O)C(CCCCN)NC(=O)C1CCCN1)C(C)CC)C(=O)O. The molecule has 0 aromatic heterocycles. The van der Waals surface area contributed by atoms with Crippen molar-refractivity contribution in [1.82, 2.24) is 21.3 Å². The molecule has 0 aromatic carbocycles. The molecule has 1 heterocycles. The van der Waals surface area contributed by atoms with Gasteiger partial charge in [0.15, 0.2) is 0 Å². The first kappa shape index (κ1) is 28.8. The van der Waals surface area contributed by atoms with E-state index in [4.69, 9.17) is 5.73 Å². The van der Waals surface area contributed by atoms with Gasteiger partial charge in [-0.25, -0.2) is 4.79 Å². The van der Waals surface area contributed by atoms with E-state index in [0.717, 1.165) is 13.0 Å². The van der Waals surface area contributed by atoms with Gasteiger partial charge in [-0.15, -0.1) is 0 Å². The third kappa shape index (κ3) is 9.29. The summed E-state index contributed by atoms with van der Waals surface area (Å²) in [4.78, 5) is 50.4. The smallest absolute Gasteiger partial charge is 0.326 e. The highest BCUT2D eigenvalue weighted by atomic mass is 16.4. The summed E-state index contributed by atoms with van der Waals surface area (Å²) in [7, 11) is 0. The number of carbonyl (C=O) groups excluding carboxylic acids is 3. The number of amides is 3. The van der Waals surface area contributed by atoms with Crippen LogP contribution in [0.15, 0.2) is 0 Å². The lowest BCUT2D eigenvalue weighted by Gasteiger charge is -2.29. The molecule has 1 aliphatic heterocycles. The number of carbonyl (C=O) groups is 4. The fraction of sp³-hybridized carbons (Fsp3) is 0.826.